The van der Waals surface area contributed by atoms with E-state index in [-0.39, 0.29) is 17.1 Å². The van der Waals surface area contributed by atoms with Crippen LogP contribution in [0.4, 0.5) is 0 Å². The van der Waals surface area contributed by atoms with Crippen LogP contribution in [0.3, 0.4) is 0 Å². The standard InChI is InChI=1S/C25H31NO3/c1-14-13-28-25-7-6-23(11-17(14)25)19-10-16-4-5-18(27)21-20(16)24(23,22(25)29-21)8-9-26(19)12-15-2-3-15/h4-5,14-15,17,19,22,27H,2-3,6-13H2,1H3/t14-,17+,19+,22+,23+,24-,25+/m0/s1. The molecule has 3 heterocycles. The number of benzene rings is 1. The monoisotopic (exact) mass is 393 g/mol. The van der Waals surface area contributed by atoms with Crippen LogP contribution >= 0.6 is 0 Å². The van der Waals surface area contributed by atoms with Crippen molar-refractivity contribution in [2.75, 3.05) is 19.7 Å². The Bertz CT molecular complexity index is 942. The van der Waals surface area contributed by atoms with Crippen molar-refractivity contribution in [3.05, 3.63) is 23.3 Å². The quantitative estimate of drug-likeness (QED) is 0.833. The van der Waals surface area contributed by atoms with E-state index in [1.54, 1.807) is 0 Å². The van der Waals surface area contributed by atoms with Crippen LogP contribution in [0.2, 0.25) is 0 Å². The minimum atomic E-state index is -0.134. The summed E-state index contributed by atoms with van der Waals surface area (Å²) in [7, 11) is 0. The molecule has 4 bridgehead atoms. The first kappa shape index (κ1) is 16.4. The number of likely N-dealkylation sites (tertiary alicyclic amines) is 1. The van der Waals surface area contributed by atoms with Crippen LogP contribution in [0.15, 0.2) is 12.1 Å². The summed E-state index contributed by atoms with van der Waals surface area (Å²) in [6, 6.07) is 4.73. The summed E-state index contributed by atoms with van der Waals surface area (Å²) in [5.74, 6) is 3.32. The van der Waals surface area contributed by atoms with E-state index < -0.39 is 0 Å². The molecule has 0 aromatic heterocycles. The first-order valence-electron chi connectivity index (χ1n) is 12.0. The third-order valence-corrected chi connectivity index (χ3v) is 10.6. The SMILES string of the molecule is C[C@H]1CO[C@]23CC[C@@]4(C[C@H]12)[C@H]1Cc2ccc(O)c5c2[C@@]4(CCN1CC1CC1)[C@H]3O5. The fourth-order valence-corrected chi connectivity index (χ4v) is 9.42. The van der Waals surface area contributed by atoms with Gasteiger partial charge in [-0.1, -0.05) is 13.0 Å². The highest BCUT2D eigenvalue weighted by molar-refractivity contribution is 5.63. The van der Waals surface area contributed by atoms with Crippen molar-refractivity contribution in [3.8, 4) is 11.5 Å². The van der Waals surface area contributed by atoms with Gasteiger partial charge >= 0.3 is 0 Å². The second kappa shape index (κ2) is 4.80. The zero-order chi connectivity index (χ0) is 19.2. The Hall–Kier alpha value is -1.26. The van der Waals surface area contributed by atoms with Gasteiger partial charge in [-0.25, -0.2) is 0 Å². The number of aromatic hydroxyl groups is 1. The Labute approximate surface area is 172 Å². The normalized spacial score (nSPS) is 50.9. The van der Waals surface area contributed by atoms with E-state index in [9.17, 15) is 5.11 Å². The molecule has 7 atom stereocenters. The maximum atomic E-state index is 10.8. The van der Waals surface area contributed by atoms with E-state index in [0.717, 1.165) is 31.1 Å². The predicted molar refractivity (Wildman–Crippen MR) is 108 cm³/mol. The van der Waals surface area contributed by atoms with E-state index in [1.807, 2.05) is 6.07 Å². The Morgan fingerprint density at radius 2 is 2.10 bits per heavy atom. The van der Waals surface area contributed by atoms with Crippen LogP contribution in [0.25, 0.3) is 0 Å². The van der Waals surface area contributed by atoms with E-state index in [4.69, 9.17) is 9.47 Å². The smallest absolute Gasteiger partial charge is 0.165 e. The van der Waals surface area contributed by atoms with Gasteiger partial charge in [0.25, 0.3) is 0 Å². The van der Waals surface area contributed by atoms with Crippen LogP contribution in [0.5, 0.6) is 11.5 Å². The van der Waals surface area contributed by atoms with Gasteiger partial charge in [0.1, 0.15) is 11.7 Å². The van der Waals surface area contributed by atoms with E-state index >= 15 is 0 Å². The first-order valence-corrected chi connectivity index (χ1v) is 12.0. The molecule has 4 nitrogen and oxygen atoms in total. The fourth-order valence-electron chi connectivity index (χ4n) is 9.42. The largest absolute Gasteiger partial charge is 0.504 e. The molecule has 2 saturated heterocycles. The molecule has 1 aromatic carbocycles. The van der Waals surface area contributed by atoms with Gasteiger partial charge in [0, 0.05) is 29.0 Å². The number of nitrogens with zero attached hydrogens (tertiary/aromatic N) is 1. The fraction of sp³-hybridized carbons (Fsp3) is 0.760. The molecule has 5 aliphatic carbocycles. The van der Waals surface area contributed by atoms with Gasteiger partial charge in [-0.05, 0) is 80.9 Å². The Morgan fingerprint density at radius 1 is 1.21 bits per heavy atom. The summed E-state index contributed by atoms with van der Waals surface area (Å²) in [5.41, 5.74) is 3.06. The van der Waals surface area contributed by atoms with Crippen molar-refractivity contribution in [1.82, 2.24) is 4.90 Å². The van der Waals surface area contributed by atoms with Gasteiger partial charge in [0.2, 0.25) is 0 Å². The van der Waals surface area contributed by atoms with Gasteiger partial charge < -0.3 is 14.6 Å². The minimum absolute atomic E-state index is 0.0538. The van der Waals surface area contributed by atoms with Gasteiger partial charge in [0.15, 0.2) is 11.5 Å². The second-order valence-corrected chi connectivity index (χ2v) is 11.5. The van der Waals surface area contributed by atoms with Gasteiger partial charge in [-0.3, -0.25) is 4.90 Å². The molecule has 0 amide bonds. The Morgan fingerprint density at radius 3 is 2.97 bits per heavy atom. The van der Waals surface area contributed by atoms with Crippen LogP contribution in [-0.2, 0) is 16.6 Å². The highest BCUT2D eigenvalue weighted by atomic mass is 16.6. The summed E-state index contributed by atoms with van der Waals surface area (Å²) in [6.07, 6.45) is 8.99. The third kappa shape index (κ3) is 1.58. The lowest BCUT2D eigenvalue weighted by atomic mass is 9.34. The number of hydrogen-bond acceptors (Lipinski definition) is 4. The number of ether oxygens (including phenoxy) is 2. The zero-order valence-electron chi connectivity index (χ0n) is 17.3. The van der Waals surface area contributed by atoms with E-state index in [0.29, 0.717) is 29.0 Å². The third-order valence-electron chi connectivity index (χ3n) is 10.6. The molecular weight excluding hydrogens is 362 g/mol. The van der Waals surface area contributed by atoms with Crippen LogP contribution < -0.4 is 4.74 Å². The van der Waals surface area contributed by atoms with Gasteiger partial charge in [-0.15, -0.1) is 0 Å². The zero-order valence-corrected chi connectivity index (χ0v) is 17.3. The molecule has 154 valence electrons. The summed E-state index contributed by atoms with van der Waals surface area (Å²) >= 11 is 0. The van der Waals surface area contributed by atoms with Gasteiger partial charge in [-0.2, -0.15) is 0 Å². The lowest BCUT2D eigenvalue weighted by molar-refractivity contribution is -0.260. The maximum absolute atomic E-state index is 10.8. The molecule has 4 heteroatoms. The second-order valence-electron chi connectivity index (χ2n) is 11.5. The molecule has 0 unspecified atom stereocenters. The minimum Gasteiger partial charge on any atom is -0.504 e. The van der Waals surface area contributed by atoms with E-state index in [1.165, 1.54) is 56.3 Å². The van der Waals surface area contributed by atoms with Crippen molar-refractivity contribution in [2.24, 2.45) is 23.2 Å². The molecule has 9 rings (SSSR count). The Kier molecular flexibility index (Phi) is 2.72. The van der Waals surface area contributed by atoms with Crippen molar-refractivity contribution in [3.63, 3.8) is 0 Å². The van der Waals surface area contributed by atoms with Crippen LogP contribution in [0.1, 0.15) is 56.6 Å². The van der Waals surface area contributed by atoms with Crippen LogP contribution in [0, 0.1) is 23.2 Å². The predicted octanol–water partition coefficient (Wildman–Crippen LogP) is 3.64. The first-order chi connectivity index (χ1) is 14.1. The molecule has 6 fully saturated rings. The molecule has 29 heavy (non-hydrogen) atoms. The average Bonchev–Trinajstić information content (AvgIpc) is 3.37. The van der Waals surface area contributed by atoms with E-state index in [2.05, 4.69) is 17.9 Å². The topological polar surface area (TPSA) is 41.9 Å². The van der Waals surface area contributed by atoms with Gasteiger partial charge in [0.05, 0.1) is 6.61 Å². The van der Waals surface area contributed by atoms with Crippen LogP contribution in [-0.4, -0.2) is 47.4 Å². The summed E-state index contributed by atoms with van der Waals surface area (Å²) < 4.78 is 13.5. The van der Waals surface area contributed by atoms with Crippen molar-refractivity contribution in [1.29, 1.82) is 0 Å². The Balaban J connectivity index is 1.40. The number of phenols is 1. The molecule has 1 aromatic rings. The number of phenolic OH excluding ortho intramolecular Hbond substituents is 1. The summed E-state index contributed by atoms with van der Waals surface area (Å²) in [5, 5.41) is 10.8. The number of hydrogen-bond donors (Lipinski definition) is 1. The number of fused-ring (bicyclic) bond motifs is 1. The highest BCUT2D eigenvalue weighted by Crippen LogP contribution is 2.78. The number of rotatable bonds is 2. The summed E-state index contributed by atoms with van der Waals surface area (Å²) in [4.78, 5) is 2.90. The lowest BCUT2D eigenvalue weighted by Crippen LogP contribution is -2.80. The molecule has 3 spiro atoms. The van der Waals surface area contributed by atoms with Crippen molar-refractivity contribution in [2.45, 2.75) is 75.0 Å². The number of piperidine rings is 1. The molecule has 1 N–H and O–H groups in total. The maximum Gasteiger partial charge on any atom is 0.165 e. The average molecular weight is 394 g/mol. The lowest BCUT2D eigenvalue weighted by Gasteiger charge is -2.73. The van der Waals surface area contributed by atoms with Crippen molar-refractivity contribution < 1.29 is 14.6 Å². The molecule has 0 radical (unpaired) electrons. The molecule has 8 aliphatic rings. The molecular formula is C25H31NO3. The highest BCUT2D eigenvalue weighted by Gasteiger charge is 2.82. The summed E-state index contributed by atoms with van der Waals surface area (Å²) in [6.45, 7) is 5.76. The molecule has 3 aliphatic heterocycles. The molecule has 4 saturated carbocycles. The van der Waals surface area contributed by atoms with Crippen molar-refractivity contribution >= 4 is 0 Å².